The van der Waals surface area contributed by atoms with Gasteiger partial charge in [-0.05, 0) is 18.3 Å². The van der Waals surface area contributed by atoms with Crippen LogP contribution >= 0.6 is 11.6 Å². The van der Waals surface area contributed by atoms with E-state index in [2.05, 4.69) is 17.6 Å². The molecule has 0 bridgehead atoms. The van der Waals surface area contributed by atoms with Crippen LogP contribution in [-0.2, 0) is 4.79 Å². The Kier molecular flexibility index (Phi) is 3.14. The van der Waals surface area contributed by atoms with E-state index in [-0.39, 0.29) is 11.3 Å². The van der Waals surface area contributed by atoms with Gasteiger partial charge in [-0.15, -0.1) is 11.6 Å². The molecule has 0 spiro atoms. The van der Waals surface area contributed by atoms with Crippen molar-refractivity contribution in [3.63, 3.8) is 0 Å². The SMILES string of the molecule is CC1(CNC(=O)NC(=O)CCl)CC1. The molecule has 13 heavy (non-hydrogen) atoms. The highest BCUT2D eigenvalue weighted by Crippen LogP contribution is 2.43. The van der Waals surface area contributed by atoms with Crippen molar-refractivity contribution in [2.75, 3.05) is 12.4 Å². The number of urea groups is 1. The molecule has 1 aliphatic rings. The van der Waals surface area contributed by atoms with E-state index < -0.39 is 11.9 Å². The van der Waals surface area contributed by atoms with Crippen molar-refractivity contribution in [1.82, 2.24) is 10.6 Å². The standard InChI is InChI=1S/C8H13ClN2O2/c1-8(2-3-8)5-10-7(13)11-6(12)4-9/h2-5H2,1H3,(H2,10,11,12,13). The molecular weight excluding hydrogens is 192 g/mol. The Balaban J connectivity index is 2.14. The first-order valence-corrected chi connectivity index (χ1v) is 4.73. The van der Waals surface area contributed by atoms with Gasteiger partial charge < -0.3 is 5.32 Å². The summed E-state index contributed by atoms with van der Waals surface area (Å²) in [5, 5.41) is 4.73. The van der Waals surface area contributed by atoms with Gasteiger partial charge >= 0.3 is 6.03 Å². The van der Waals surface area contributed by atoms with Gasteiger partial charge in [0.2, 0.25) is 5.91 Å². The molecule has 3 amide bonds. The van der Waals surface area contributed by atoms with Crippen molar-refractivity contribution in [3.8, 4) is 0 Å². The number of imide groups is 1. The lowest BCUT2D eigenvalue weighted by Crippen LogP contribution is -2.41. The van der Waals surface area contributed by atoms with E-state index in [1.807, 2.05) is 0 Å². The molecule has 0 heterocycles. The lowest BCUT2D eigenvalue weighted by molar-refractivity contribution is -0.117. The van der Waals surface area contributed by atoms with Gasteiger partial charge in [0, 0.05) is 6.54 Å². The summed E-state index contributed by atoms with van der Waals surface area (Å²) in [7, 11) is 0. The van der Waals surface area contributed by atoms with Crippen LogP contribution in [-0.4, -0.2) is 24.4 Å². The zero-order valence-corrected chi connectivity index (χ0v) is 8.28. The van der Waals surface area contributed by atoms with Gasteiger partial charge in [0.25, 0.3) is 0 Å². The first-order valence-electron chi connectivity index (χ1n) is 4.19. The predicted molar refractivity (Wildman–Crippen MR) is 49.6 cm³/mol. The Labute approximate surface area is 82.0 Å². The van der Waals surface area contributed by atoms with E-state index in [4.69, 9.17) is 11.6 Å². The minimum atomic E-state index is -0.472. The monoisotopic (exact) mass is 204 g/mol. The fraction of sp³-hybridized carbons (Fsp3) is 0.750. The quantitative estimate of drug-likeness (QED) is 0.670. The van der Waals surface area contributed by atoms with Gasteiger partial charge in [-0.25, -0.2) is 4.79 Å². The zero-order valence-electron chi connectivity index (χ0n) is 7.52. The molecule has 4 nitrogen and oxygen atoms in total. The van der Waals surface area contributed by atoms with E-state index in [1.165, 1.54) is 0 Å². The molecule has 0 aliphatic heterocycles. The second-order valence-corrected chi connectivity index (χ2v) is 3.94. The lowest BCUT2D eigenvalue weighted by Gasteiger charge is -2.09. The van der Waals surface area contributed by atoms with Gasteiger partial charge in [0.1, 0.15) is 5.88 Å². The van der Waals surface area contributed by atoms with E-state index >= 15 is 0 Å². The molecule has 0 saturated heterocycles. The highest BCUT2D eigenvalue weighted by atomic mass is 35.5. The van der Waals surface area contributed by atoms with Crippen molar-refractivity contribution in [1.29, 1.82) is 0 Å². The highest BCUT2D eigenvalue weighted by molar-refractivity contribution is 6.28. The normalized spacial score (nSPS) is 17.7. The first kappa shape index (κ1) is 10.3. The summed E-state index contributed by atoms with van der Waals surface area (Å²) < 4.78 is 0. The summed E-state index contributed by atoms with van der Waals surface area (Å²) in [6.07, 6.45) is 2.27. The topological polar surface area (TPSA) is 58.2 Å². The second kappa shape index (κ2) is 3.96. The summed E-state index contributed by atoms with van der Waals surface area (Å²) in [4.78, 5) is 21.6. The van der Waals surface area contributed by atoms with Crippen LogP contribution in [0.2, 0.25) is 0 Å². The maximum Gasteiger partial charge on any atom is 0.321 e. The maximum atomic E-state index is 11.0. The molecule has 1 fully saturated rings. The largest absolute Gasteiger partial charge is 0.337 e. The van der Waals surface area contributed by atoms with Crippen LogP contribution in [0.3, 0.4) is 0 Å². The molecule has 1 rings (SSSR count). The van der Waals surface area contributed by atoms with E-state index in [0.717, 1.165) is 12.8 Å². The molecule has 1 saturated carbocycles. The third kappa shape index (κ3) is 3.63. The Morgan fingerprint density at radius 2 is 2.08 bits per heavy atom. The summed E-state index contributed by atoms with van der Waals surface area (Å²) in [5.41, 5.74) is 0.251. The van der Waals surface area contributed by atoms with Gasteiger partial charge in [-0.2, -0.15) is 0 Å². The highest BCUT2D eigenvalue weighted by Gasteiger charge is 2.37. The minimum Gasteiger partial charge on any atom is -0.337 e. The Bertz CT molecular complexity index is 226. The van der Waals surface area contributed by atoms with Crippen molar-refractivity contribution in [2.45, 2.75) is 19.8 Å². The fourth-order valence-electron chi connectivity index (χ4n) is 0.888. The molecule has 0 aromatic heterocycles. The van der Waals surface area contributed by atoms with Gasteiger partial charge in [0.05, 0.1) is 0 Å². The molecule has 0 atom stereocenters. The number of hydrogen-bond acceptors (Lipinski definition) is 2. The van der Waals surface area contributed by atoms with Crippen LogP contribution in [0.5, 0.6) is 0 Å². The summed E-state index contributed by atoms with van der Waals surface area (Å²) in [6, 6.07) is -0.459. The summed E-state index contributed by atoms with van der Waals surface area (Å²) in [6.45, 7) is 2.71. The molecule has 5 heteroatoms. The number of amides is 3. The number of carbonyl (C=O) groups excluding carboxylic acids is 2. The zero-order chi connectivity index (χ0) is 9.90. The predicted octanol–water partition coefficient (Wildman–Crippen LogP) is 0.851. The second-order valence-electron chi connectivity index (χ2n) is 3.68. The number of hydrogen-bond donors (Lipinski definition) is 2. The van der Waals surface area contributed by atoms with E-state index in [1.54, 1.807) is 0 Å². The molecule has 0 aromatic rings. The molecule has 0 radical (unpaired) electrons. The molecule has 2 N–H and O–H groups in total. The van der Waals surface area contributed by atoms with Crippen LogP contribution in [0.1, 0.15) is 19.8 Å². The van der Waals surface area contributed by atoms with Gasteiger partial charge in [-0.1, -0.05) is 6.92 Å². The lowest BCUT2D eigenvalue weighted by atomic mass is 10.1. The van der Waals surface area contributed by atoms with Crippen LogP contribution in [0, 0.1) is 5.41 Å². The Morgan fingerprint density at radius 1 is 1.46 bits per heavy atom. The van der Waals surface area contributed by atoms with E-state index in [9.17, 15) is 9.59 Å². The van der Waals surface area contributed by atoms with Crippen LogP contribution in [0.15, 0.2) is 0 Å². The van der Waals surface area contributed by atoms with Gasteiger partial charge in [-0.3, -0.25) is 10.1 Å². The number of alkyl halides is 1. The minimum absolute atomic E-state index is 0.190. The summed E-state index contributed by atoms with van der Waals surface area (Å²) >= 11 is 5.21. The van der Waals surface area contributed by atoms with Crippen molar-refractivity contribution in [2.24, 2.45) is 5.41 Å². The smallest absolute Gasteiger partial charge is 0.321 e. The molecular formula is C8H13ClN2O2. The van der Waals surface area contributed by atoms with Gasteiger partial charge in [0.15, 0.2) is 0 Å². The summed E-state index contributed by atoms with van der Waals surface area (Å²) in [5.74, 6) is -0.662. The van der Waals surface area contributed by atoms with Crippen LogP contribution < -0.4 is 10.6 Å². The third-order valence-electron chi connectivity index (χ3n) is 2.15. The van der Waals surface area contributed by atoms with Crippen LogP contribution in [0.4, 0.5) is 4.79 Å². The van der Waals surface area contributed by atoms with E-state index in [0.29, 0.717) is 6.54 Å². The van der Waals surface area contributed by atoms with Crippen molar-refractivity contribution < 1.29 is 9.59 Å². The number of rotatable bonds is 3. The number of halogens is 1. The Hall–Kier alpha value is -0.770. The Morgan fingerprint density at radius 3 is 2.54 bits per heavy atom. The fourth-order valence-corrected chi connectivity index (χ4v) is 0.955. The first-order chi connectivity index (χ1) is 6.06. The van der Waals surface area contributed by atoms with Crippen molar-refractivity contribution in [3.05, 3.63) is 0 Å². The number of nitrogens with one attached hydrogen (secondary N) is 2. The maximum absolute atomic E-state index is 11.0. The molecule has 0 unspecified atom stereocenters. The average Bonchev–Trinajstić information content (AvgIpc) is 2.81. The third-order valence-corrected chi connectivity index (χ3v) is 2.40. The average molecular weight is 205 g/mol. The molecule has 1 aliphatic carbocycles. The van der Waals surface area contributed by atoms with Crippen molar-refractivity contribution >= 4 is 23.5 Å². The van der Waals surface area contributed by atoms with Crippen LogP contribution in [0.25, 0.3) is 0 Å². The molecule has 74 valence electrons. The number of carbonyl (C=O) groups is 2. The molecule has 0 aromatic carbocycles.